The van der Waals surface area contributed by atoms with Crippen LogP contribution in [0, 0.1) is 5.95 Å². The first kappa shape index (κ1) is 17.5. The number of methoxy groups -OCH3 is 1. The van der Waals surface area contributed by atoms with Gasteiger partial charge in [0.05, 0.1) is 7.11 Å². The number of halogens is 1. The third-order valence-corrected chi connectivity index (χ3v) is 3.39. The number of hydrogen-bond acceptors (Lipinski definition) is 3. The molecular formula is C16H22FN2OP. The Bertz CT molecular complexity index is 551. The lowest BCUT2D eigenvalue weighted by Gasteiger charge is -2.14. The van der Waals surface area contributed by atoms with Gasteiger partial charge in [-0.2, -0.15) is 4.39 Å². The van der Waals surface area contributed by atoms with Gasteiger partial charge in [-0.25, -0.2) is 4.98 Å². The largest absolute Gasteiger partial charge is 0.497 e. The topological polar surface area (TPSA) is 34.1 Å². The number of aromatic nitrogens is 1. The third kappa shape index (κ3) is 5.78. The van der Waals surface area contributed by atoms with Crippen molar-refractivity contribution in [1.82, 2.24) is 10.3 Å². The monoisotopic (exact) mass is 308 g/mol. The predicted molar refractivity (Wildman–Crippen MR) is 87.8 cm³/mol. The second-order valence-corrected chi connectivity index (χ2v) is 4.79. The Kier molecular flexibility index (Phi) is 7.88. The van der Waals surface area contributed by atoms with Crippen LogP contribution in [0.25, 0.3) is 0 Å². The van der Waals surface area contributed by atoms with E-state index >= 15 is 0 Å². The van der Waals surface area contributed by atoms with Crippen molar-refractivity contribution in [3.63, 3.8) is 0 Å². The molecule has 1 aromatic carbocycles. The summed E-state index contributed by atoms with van der Waals surface area (Å²) in [5.41, 5.74) is 1.96. The Balaban J connectivity index is 0.00000106. The van der Waals surface area contributed by atoms with Gasteiger partial charge in [-0.05, 0) is 35.4 Å². The number of ether oxygens (including phenoxy) is 1. The molecule has 1 heterocycles. The fourth-order valence-corrected chi connectivity index (χ4v) is 2.06. The van der Waals surface area contributed by atoms with Crippen molar-refractivity contribution in [2.24, 2.45) is 0 Å². The van der Waals surface area contributed by atoms with E-state index in [0.717, 1.165) is 16.9 Å². The van der Waals surface area contributed by atoms with Crippen LogP contribution in [0.2, 0.25) is 0 Å². The smallest absolute Gasteiger partial charge is 0.213 e. The molecule has 114 valence electrons. The van der Waals surface area contributed by atoms with Gasteiger partial charge in [0, 0.05) is 18.5 Å². The first-order valence-corrected chi connectivity index (χ1v) is 7.59. The average molecular weight is 308 g/mol. The minimum absolute atomic E-state index is 0.0244. The number of nitrogens with zero attached hydrogens (tertiary/aromatic N) is 1. The quantitative estimate of drug-likeness (QED) is 0.671. The molecule has 2 aromatic rings. The van der Waals surface area contributed by atoms with Crippen LogP contribution in [0.15, 0.2) is 42.6 Å². The molecule has 0 spiro atoms. The Labute approximate surface area is 128 Å². The van der Waals surface area contributed by atoms with Gasteiger partial charge in [0.1, 0.15) is 5.75 Å². The maximum atomic E-state index is 13.0. The van der Waals surface area contributed by atoms with Crippen molar-refractivity contribution < 1.29 is 9.13 Å². The van der Waals surface area contributed by atoms with E-state index in [1.807, 2.05) is 38.1 Å². The van der Waals surface area contributed by atoms with Gasteiger partial charge >= 0.3 is 0 Å². The van der Waals surface area contributed by atoms with Crippen LogP contribution in [0.3, 0.4) is 0 Å². The third-order valence-electron chi connectivity index (χ3n) is 2.77. The fraction of sp³-hybridized carbons (Fsp3) is 0.312. The van der Waals surface area contributed by atoms with E-state index in [2.05, 4.69) is 19.5 Å². The maximum absolute atomic E-state index is 13.0. The van der Waals surface area contributed by atoms with Crippen molar-refractivity contribution in [1.29, 1.82) is 0 Å². The van der Waals surface area contributed by atoms with Gasteiger partial charge in [0.15, 0.2) is 0 Å². The van der Waals surface area contributed by atoms with Crippen LogP contribution in [0.4, 0.5) is 4.39 Å². The molecule has 0 aliphatic heterocycles. The molecule has 2 unspecified atom stereocenters. The molecule has 2 atom stereocenters. The van der Waals surface area contributed by atoms with E-state index in [-0.39, 0.29) is 5.78 Å². The van der Waals surface area contributed by atoms with Crippen molar-refractivity contribution in [3.05, 3.63) is 59.7 Å². The van der Waals surface area contributed by atoms with Crippen LogP contribution < -0.4 is 10.1 Å². The molecule has 0 amide bonds. The van der Waals surface area contributed by atoms with E-state index in [9.17, 15) is 4.39 Å². The van der Waals surface area contributed by atoms with Gasteiger partial charge in [-0.15, -0.1) is 9.24 Å². The Morgan fingerprint density at radius 2 is 2.05 bits per heavy atom. The number of pyridine rings is 1. The molecule has 0 aliphatic carbocycles. The van der Waals surface area contributed by atoms with Gasteiger partial charge in [0.2, 0.25) is 5.95 Å². The normalized spacial score (nSPS) is 11.3. The SMILES string of the molecule is CC.COc1cccc(CNC(P)c2ccnc(F)c2)c1. The van der Waals surface area contributed by atoms with Gasteiger partial charge < -0.3 is 10.1 Å². The minimum Gasteiger partial charge on any atom is -0.497 e. The zero-order valence-corrected chi connectivity index (χ0v) is 13.8. The molecule has 0 fully saturated rings. The lowest BCUT2D eigenvalue weighted by molar-refractivity contribution is 0.414. The number of nitrogens with one attached hydrogen (secondary N) is 1. The molecule has 0 saturated heterocycles. The number of hydrogen-bond donors (Lipinski definition) is 1. The van der Waals surface area contributed by atoms with Gasteiger partial charge in [-0.1, -0.05) is 26.0 Å². The average Bonchev–Trinajstić information content (AvgIpc) is 2.54. The molecule has 0 bridgehead atoms. The number of rotatable bonds is 5. The molecule has 3 nitrogen and oxygen atoms in total. The molecular weight excluding hydrogens is 286 g/mol. The predicted octanol–water partition coefficient (Wildman–Crippen LogP) is 3.92. The molecule has 1 aromatic heterocycles. The molecule has 0 radical (unpaired) electrons. The highest BCUT2D eigenvalue weighted by molar-refractivity contribution is 7.17. The first-order valence-electron chi connectivity index (χ1n) is 6.92. The van der Waals surface area contributed by atoms with E-state index in [4.69, 9.17) is 4.74 Å². The van der Waals surface area contributed by atoms with Crippen molar-refractivity contribution in [2.75, 3.05) is 7.11 Å². The van der Waals surface area contributed by atoms with E-state index in [1.54, 1.807) is 13.2 Å². The summed E-state index contributed by atoms with van der Waals surface area (Å²) >= 11 is 0. The molecule has 2 rings (SSSR count). The highest BCUT2D eigenvalue weighted by Gasteiger charge is 2.06. The van der Waals surface area contributed by atoms with Crippen LogP contribution in [0.1, 0.15) is 30.8 Å². The summed E-state index contributed by atoms with van der Waals surface area (Å²) in [6, 6.07) is 11.0. The minimum atomic E-state index is -0.465. The Morgan fingerprint density at radius 1 is 1.29 bits per heavy atom. The summed E-state index contributed by atoms with van der Waals surface area (Å²) in [7, 11) is 4.30. The summed E-state index contributed by atoms with van der Waals surface area (Å²) in [5, 5.41) is 3.31. The zero-order chi connectivity index (χ0) is 15.7. The van der Waals surface area contributed by atoms with Crippen LogP contribution in [0.5, 0.6) is 5.75 Å². The van der Waals surface area contributed by atoms with Crippen LogP contribution >= 0.6 is 9.24 Å². The van der Waals surface area contributed by atoms with Crippen LogP contribution in [-0.4, -0.2) is 12.1 Å². The summed E-state index contributed by atoms with van der Waals surface area (Å²) in [4.78, 5) is 3.54. The van der Waals surface area contributed by atoms with Crippen molar-refractivity contribution in [3.8, 4) is 5.75 Å². The second-order valence-electron chi connectivity index (χ2n) is 4.12. The highest BCUT2D eigenvalue weighted by Crippen LogP contribution is 2.21. The van der Waals surface area contributed by atoms with E-state index < -0.39 is 5.95 Å². The van der Waals surface area contributed by atoms with Crippen LogP contribution in [-0.2, 0) is 6.54 Å². The summed E-state index contributed by atoms with van der Waals surface area (Å²) in [6.45, 7) is 4.68. The molecule has 21 heavy (non-hydrogen) atoms. The van der Waals surface area contributed by atoms with Gasteiger partial charge in [0.25, 0.3) is 0 Å². The summed E-state index contributed by atoms with van der Waals surface area (Å²) < 4.78 is 18.2. The molecule has 5 heteroatoms. The highest BCUT2D eigenvalue weighted by atomic mass is 31.0. The first-order chi connectivity index (χ1) is 10.2. The summed E-state index contributed by atoms with van der Waals surface area (Å²) in [6.07, 6.45) is 1.47. The number of benzene rings is 1. The molecule has 0 saturated carbocycles. The standard InChI is InChI=1S/C14H16FN2OP.C2H6/c1-18-12-4-2-3-10(7-12)9-17-14(19)11-5-6-16-13(15)8-11;1-2/h2-8,14,17H,9,19H2,1H3;1-2H3. The van der Waals surface area contributed by atoms with E-state index in [0.29, 0.717) is 6.54 Å². The van der Waals surface area contributed by atoms with Crippen molar-refractivity contribution >= 4 is 9.24 Å². The van der Waals surface area contributed by atoms with Gasteiger partial charge in [-0.3, -0.25) is 0 Å². The molecule has 1 N–H and O–H groups in total. The lowest BCUT2D eigenvalue weighted by atomic mass is 10.2. The summed E-state index contributed by atoms with van der Waals surface area (Å²) in [5.74, 6) is 0.339. The van der Waals surface area contributed by atoms with Crippen molar-refractivity contribution in [2.45, 2.75) is 26.2 Å². The molecule has 0 aliphatic rings. The second kappa shape index (κ2) is 9.43. The maximum Gasteiger partial charge on any atom is 0.213 e. The Hall–Kier alpha value is -1.51. The lowest BCUT2D eigenvalue weighted by Crippen LogP contribution is -2.16. The van der Waals surface area contributed by atoms with E-state index in [1.165, 1.54) is 12.3 Å². The Morgan fingerprint density at radius 3 is 2.71 bits per heavy atom. The zero-order valence-electron chi connectivity index (χ0n) is 12.6. The fourth-order valence-electron chi connectivity index (χ4n) is 1.74.